The molecule has 40 heavy (non-hydrogen) atoms. The lowest BCUT2D eigenvalue weighted by Gasteiger charge is -2.33. The molecule has 0 rings (SSSR count). The molecule has 238 valence electrons. The van der Waals surface area contributed by atoms with Gasteiger partial charge in [-0.25, -0.2) is 0 Å². The van der Waals surface area contributed by atoms with E-state index in [1.54, 1.807) is 0 Å². The Morgan fingerprint density at radius 1 is 0.600 bits per heavy atom. The van der Waals surface area contributed by atoms with Gasteiger partial charge < -0.3 is 79.7 Å². The number of carbonyl (C=O) groups excluding carboxylic acids is 2. The van der Waals surface area contributed by atoms with Gasteiger partial charge in [0, 0.05) is 19.5 Å². The number of ether oxygens (including phenoxy) is 4. The molecule has 0 aliphatic heterocycles. The van der Waals surface area contributed by atoms with Crippen LogP contribution in [0.15, 0.2) is 0 Å². The van der Waals surface area contributed by atoms with Crippen LogP contribution < -0.4 is 0 Å². The molecule has 0 aromatic carbocycles. The number of amides is 1. The molecule has 17 heteroatoms. The molecule has 0 heterocycles. The summed E-state index contributed by atoms with van der Waals surface area (Å²) in [5, 5.41) is 96.9. The van der Waals surface area contributed by atoms with Crippen molar-refractivity contribution in [3.8, 4) is 0 Å². The summed E-state index contributed by atoms with van der Waals surface area (Å²) >= 11 is 0. The molecule has 0 bridgehead atoms. The van der Waals surface area contributed by atoms with Crippen molar-refractivity contribution in [3.05, 3.63) is 0 Å². The molecule has 0 aromatic heterocycles. The van der Waals surface area contributed by atoms with Crippen LogP contribution in [0.1, 0.15) is 6.42 Å². The maximum absolute atomic E-state index is 12.8. The van der Waals surface area contributed by atoms with Crippen LogP contribution in [0.25, 0.3) is 0 Å². The average Bonchev–Trinajstić information content (AvgIpc) is 2.97. The summed E-state index contributed by atoms with van der Waals surface area (Å²) in [6, 6.07) is 0. The molecule has 0 radical (unpaired) electrons. The zero-order valence-corrected chi connectivity index (χ0v) is 22.3. The number of carbonyl (C=O) groups is 2. The first kappa shape index (κ1) is 38.6. The monoisotopic (exact) mass is 591 g/mol. The number of nitrogens with zero attached hydrogens (tertiary/aromatic N) is 1. The first-order valence-corrected chi connectivity index (χ1v) is 12.7. The smallest absolute Gasteiger partial charge is 0.254 e. The highest BCUT2D eigenvalue weighted by Crippen LogP contribution is 2.12. The molecule has 0 aromatic rings. The maximum atomic E-state index is 12.8. The molecule has 0 fully saturated rings. The van der Waals surface area contributed by atoms with Crippen molar-refractivity contribution in [2.24, 2.45) is 0 Å². The van der Waals surface area contributed by atoms with E-state index in [0.29, 0.717) is 26.2 Å². The van der Waals surface area contributed by atoms with Crippen LogP contribution in [0, 0.1) is 0 Å². The van der Waals surface area contributed by atoms with Gasteiger partial charge in [-0.15, -0.1) is 0 Å². The lowest BCUT2D eigenvalue weighted by atomic mass is 10.0. The zero-order valence-electron chi connectivity index (χ0n) is 22.3. The number of aliphatic hydroxyl groups is 10. The van der Waals surface area contributed by atoms with Crippen molar-refractivity contribution >= 4 is 12.2 Å². The van der Waals surface area contributed by atoms with Gasteiger partial charge in [-0.1, -0.05) is 0 Å². The van der Waals surface area contributed by atoms with Gasteiger partial charge in [0.15, 0.2) is 6.10 Å². The Bertz CT molecular complexity index is 646. The minimum absolute atomic E-state index is 0.0655. The van der Waals surface area contributed by atoms with E-state index in [4.69, 9.17) is 29.2 Å². The van der Waals surface area contributed by atoms with Gasteiger partial charge in [-0.3, -0.25) is 4.79 Å². The summed E-state index contributed by atoms with van der Waals surface area (Å²) < 4.78 is 21.1. The molecular weight excluding hydrogens is 546 g/mol. The minimum atomic E-state index is -2.33. The average molecular weight is 592 g/mol. The van der Waals surface area contributed by atoms with E-state index in [9.17, 15) is 50.4 Å². The fourth-order valence-electron chi connectivity index (χ4n) is 3.11. The lowest BCUT2D eigenvalue weighted by molar-refractivity contribution is -0.163. The van der Waals surface area contributed by atoms with Gasteiger partial charge in [0.25, 0.3) is 5.91 Å². The molecule has 0 saturated carbocycles. The lowest BCUT2D eigenvalue weighted by Crippen LogP contribution is -2.56. The molecule has 0 spiro atoms. The highest BCUT2D eigenvalue weighted by atomic mass is 16.6. The van der Waals surface area contributed by atoms with Gasteiger partial charge in [0.1, 0.15) is 49.0 Å². The number of hydrogen-bond donors (Lipinski definition) is 10. The van der Waals surface area contributed by atoms with Crippen LogP contribution in [-0.4, -0.2) is 196 Å². The quantitative estimate of drug-likeness (QED) is 0.0330. The summed E-state index contributed by atoms with van der Waals surface area (Å²) in [4.78, 5) is 23.7. The van der Waals surface area contributed by atoms with Gasteiger partial charge in [0.05, 0.1) is 66.1 Å². The number of aliphatic hydroxyl groups excluding tert-OH is 10. The molecule has 0 aliphatic carbocycles. The predicted octanol–water partition coefficient (Wildman–Crippen LogP) is -6.66. The number of rotatable bonds is 26. The van der Waals surface area contributed by atoms with E-state index in [1.807, 2.05) is 0 Å². The predicted molar refractivity (Wildman–Crippen MR) is 133 cm³/mol. The second-order valence-corrected chi connectivity index (χ2v) is 8.66. The molecular formula is C23H45NO16. The standard InChI is InChI=1S/C23H45NO16/c25-3-1-4-37-6-8-39-10-11-40-9-7-38-5-2-24(12-15(28)18(31)19(32)16(29)13-26)23(36)22(35)21(34)20(33)17(30)14-27/h3,15-22,26-35H,1-2,4-14H2/t15-,16+,17+,18+,19+,20+,21-,22+/m0/s1. The highest BCUT2D eigenvalue weighted by Gasteiger charge is 2.38. The third kappa shape index (κ3) is 15.5. The maximum Gasteiger partial charge on any atom is 0.254 e. The summed E-state index contributed by atoms with van der Waals surface area (Å²) in [5.41, 5.74) is 0. The van der Waals surface area contributed by atoms with Gasteiger partial charge in [0.2, 0.25) is 0 Å². The molecule has 0 unspecified atom stereocenters. The van der Waals surface area contributed by atoms with Gasteiger partial charge >= 0.3 is 0 Å². The van der Waals surface area contributed by atoms with Crippen molar-refractivity contribution in [1.29, 1.82) is 0 Å². The zero-order chi connectivity index (χ0) is 30.5. The first-order valence-electron chi connectivity index (χ1n) is 12.7. The molecule has 10 N–H and O–H groups in total. The topological polar surface area (TPSA) is 277 Å². The van der Waals surface area contributed by atoms with Crippen LogP contribution in [0.2, 0.25) is 0 Å². The minimum Gasteiger partial charge on any atom is -0.394 e. The van der Waals surface area contributed by atoms with Crippen LogP contribution in [0.4, 0.5) is 0 Å². The second-order valence-electron chi connectivity index (χ2n) is 8.66. The third-order valence-corrected chi connectivity index (χ3v) is 5.55. The summed E-state index contributed by atoms with van der Waals surface area (Å²) in [6.45, 7) is -1.41. The Morgan fingerprint density at radius 2 is 1.00 bits per heavy atom. The van der Waals surface area contributed by atoms with Crippen molar-refractivity contribution < 1.29 is 79.6 Å². The van der Waals surface area contributed by atoms with E-state index in [1.165, 1.54) is 0 Å². The van der Waals surface area contributed by atoms with Gasteiger partial charge in [-0.05, 0) is 0 Å². The molecule has 0 aliphatic rings. The van der Waals surface area contributed by atoms with Gasteiger partial charge in [-0.2, -0.15) is 0 Å². The Morgan fingerprint density at radius 3 is 1.45 bits per heavy atom. The van der Waals surface area contributed by atoms with Crippen molar-refractivity contribution in [3.63, 3.8) is 0 Å². The third-order valence-electron chi connectivity index (χ3n) is 5.55. The number of hydrogen-bond acceptors (Lipinski definition) is 16. The fourth-order valence-corrected chi connectivity index (χ4v) is 3.11. The normalized spacial score (nSPS) is 17.9. The summed E-state index contributed by atoms with van der Waals surface area (Å²) in [5.74, 6) is -1.26. The van der Waals surface area contributed by atoms with E-state index in [2.05, 4.69) is 0 Å². The summed E-state index contributed by atoms with van der Waals surface area (Å²) in [7, 11) is 0. The highest BCUT2D eigenvalue weighted by molar-refractivity contribution is 5.81. The SMILES string of the molecule is O=CCCOCCOCCOCCOCCN(C[C@H](O)[C@@H](O)[C@H](O)[C@H](O)CO)C(=O)[C@H](O)[C@@H](O)[C@H](O)[C@H](O)CO. The van der Waals surface area contributed by atoms with E-state index in [0.717, 1.165) is 11.2 Å². The molecule has 8 atom stereocenters. The van der Waals surface area contributed by atoms with Crippen LogP contribution >= 0.6 is 0 Å². The van der Waals surface area contributed by atoms with E-state index >= 15 is 0 Å². The molecule has 17 nitrogen and oxygen atoms in total. The van der Waals surface area contributed by atoms with Crippen LogP contribution in [-0.2, 0) is 28.5 Å². The first-order chi connectivity index (χ1) is 19.0. The molecule has 0 saturated heterocycles. The van der Waals surface area contributed by atoms with Crippen molar-refractivity contribution in [2.45, 2.75) is 55.3 Å². The number of aldehydes is 1. The molecule has 1 amide bonds. The second kappa shape index (κ2) is 23.2. The Kier molecular flexibility index (Phi) is 22.4. The van der Waals surface area contributed by atoms with Crippen molar-refractivity contribution in [2.75, 3.05) is 79.2 Å². The Balaban J connectivity index is 4.76. The summed E-state index contributed by atoms with van der Waals surface area (Å²) in [6.07, 6.45) is -15.2. The fraction of sp³-hybridized carbons (Fsp3) is 0.913. The van der Waals surface area contributed by atoms with Crippen molar-refractivity contribution in [1.82, 2.24) is 4.90 Å². The van der Waals surface area contributed by atoms with Crippen LogP contribution in [0.3, 0.4) is 0 Å². The van der Waals surface area contributed by atoms with E-state index < -0.39 is 74.5 Å². The largest absolute Gasteiger partial charge is 0.394 e. The Hall–Kier alpha value is -1.42. The Labute approximate surface area is 231 Å². The van der Waals surface area contributed by atoms with E-state index in [-0.39, 0.29) is 39.6 Å². The van der Waals surface area contributed by atoms with Crippen LogP contribution in [0.5, 0.6) is 0 Å².